The first kappa shape index (κ1) is 24.3. The topological polar surface area (TPSA) is 0 Å². The predicted molar refractivity (Wildman–Crippen MR) is 135 cm³/mol. The van der Waals surface area contributed by atoms with Gasteiger partial charge in [-0.2, -0.15) is 0 Å². The van der Waals surface area contributed by atoms with Crippen molar-refractivity contribution in [1.29, 1.82) is 0 Å². The van der Waals surface area contributed by atoms with Gasteiger partial charge in [0.2, 0.25) is 0 Å². The Hall–Kier alpha value is 2.96. The molecule has 0 aromatic carbocycles. The first-order chi connectivity index (χ1) is 14.1. The zero-order valence-electron chi connectivity index (χ0n) is 15.1. The van der Waals surface area contributed by atoms with Gasteiger partial charge >= 0.3 is 0 Å². The summed E-state index contributed by atoms with van der Waals surface area (Å²) in [5, 5.41) is 0.876. The monoisotopic (exact) mass is 660 g/mol. The highest BCUT2D eigenvalue weighted by Gasteiger charge is 2.87. The van der Waals surface area contributed by atoms with E-state index in [9.17, 15) is 0 Å². The van der Waals surface area contributed by atoms with E-state index < -0.39 is 28.2 Å². The van der Waals surface area contributed by atoms with Gasteiger partial charge in [-0.05, 0) is 54.8 Å². The largest absolute Gasteiger partial charge is 0.166 e. The molecule has 0 amide bonds. The fraction of sp³-hybridized carbons (Fsp3) is 0.789. The third-order valence-electron chi connectivity index (χ3n) is 9.11. The molecule has 6 rings (SSSR count). The van der Waals surface area contributed by atoms with Crippen LogP contribution in [0, 0.1) is 35.5 Å². The van der Waals surface area contributed by atoms with E-state index in [-0.39, 0.29) is 55.6 Å². The molecule has 12 heteroatoms. The molecule has 0 saturated heterocycles. The zero-order chi connectivity index (χ0) is 22.9. The van der Waals surface area contributed by atoms with E-state index in [1.165, 1.54) is 0 Å². The van der Waals surface area contributed by atoms with Gasteiger partial charge in [0.15, 0.2) is 8.67 Å². The second kappa shape index (κ2) is 6.50. The second-order valence-corrected chi connectivity index (χ2v) is 16.3. The van der Waals surface area contributed by atoms with Crippen LogP contribution in [-0.2, 0) is 0 Å². The van der Waals surface area contributed by atoms with Gasteiger partial charge in [-0.15, -0.1) is 46.4 Å². The van der Waals surface area contributed by atoms with E-state index >= 15 is 0 Å². The molecular formula is C19H12Cl12. The fourth-order valence-corrected chi connectivity index (χ4v) is 14.2. The van der Waals surface area contributed by atoms with E-state index in [0.717, 1.165) is 0 Å². The zero-order valence-corrected chi connectivity index (χ0v) is 24.2. The van der Waals surface area contributed by atoms with E-state index in [1.807, 2.05) is 0 Å². The molecule has 6 aliphatic carbocycles. The Morgan fingerprint density at radius 3 is 1.35 bits per heavy atom. The van der Waals surface area contributed by atoms with E-state index in [2.05, 4.69) is 0 Å². The number of hydrogen-bond donors (Lipinski definition) is 0. The van der Waals surface area contributed by atoms with Crippen LogP contribution in [0.3, 0.4) is 0 Å². The summed E-state index contributed by atoms with van der Waals surface area (Å²) in [6.07, 6.45) is 2.02. The average Bonchev–Trinajstić information content (AvgIpc) is 3.25. The molecule has 0 aromatic heterocycles. The molecule has 0 spiro atoms. The van der Waals surface area contributed by atoms with Crippen molar-refractivity contribution in [2.75, 3.05) is 0 Å². The summed E-state index contributed by atoms with van der Waals surface area (Å²) < 4.78 is -3.12. The van der Waals surface area contributed by atoms with Gasteiger partial charge in [-0.25, -0.2) is 0 Å². The fourth-order valence-electron chi connectivity index (χ4n) is 7.92. The first-order valence-corrected chi connectivity index (χ1v) is 14.2. The van der Waals surface area contributed by atoms with E-state index in [0.29, 0.717) is 19.3 Å². The maximum Gasteiger partial charge on any atom is 0.166 e. The molecule has 10 atom stereocenters. The Labute approximate surface area is 240 Å². The van der Waals surface area contributed by atoms with Crippen molar-refractivity contribution in [1.82, 2.24) is 0 Å². The summed E-state index contributed by atoms with van der Waals surface area (Å²) in [6.45, 7) is 0. The van der Waals surface area contributed by atoms with Gasteiger partial charge < -0.3 is 0 Å². The van der Waals surface area contributed by atoms with Crippen molar-refractivity contribution < 1.29 is 0 Å². The quantitative estimate of drug-likeness (QED) is 0.226. The summed E-state index contributed by atoms with van der Waals surface area (Å²) in [7, 11) is 0. The van der Waals surface area contributed by atoms with Crippen LogP contribution >= 0.6 is 139 Å². The molecule has 0 radical (unpaired) electrons. The highest BCUT2D eigenvalue weighted by atomic mass is 35.5. The molecule has 0 aromatic rings. The highest BCUT2D eigenvalue weighted by molar-refractivity contribution is 6.67. The van der Waals surface area contributed by atoms with E-state index in [4.69, 9.17) is 139 Å². The highest BCUT2D eigenvalue weighted by Crippen LogP contribution is 2.84. The molecule has 4 saturated carbocycles. The normalized spacial score (nSPS) is 60.0. The lowest BCUT2D eigenvalue weighted by Crippen LogP contribution is -2.49. The van der Waals surface area contributed by atoms with Gasteiger partial charge in [0.05, 0.1) is 20.1 Å². The number of alkyl halides is 8. The molecule has 0 heterocycles. The van der Waals surface area contributed by atoms with Crippen molar-refractivity contribution in [3.05, 3.63) is 20.1 Å². The Morgan fingerprint density at radius 2 is 0.839 bits per heavy atom. The lowest BCUT2D eigenvalue weighted by Gasteiger charge is -2.47. The van der Waals surface area contributed by atoms with Crippen LogP contribution in [0.2, 0.25) is 0 Å². The van der Waals surface area contributed by atoms with Crippen LogP contribution in [-0.4, -0.2) is 28.2 Å². The van der Waals surface area contributed by atoms with Gasteiger partial charge in [-0.3, -0.25) is 0 Å². The van der Waals surface area contributed by atoms with Crippen molar-refractivity contribution in [2.24, 2.45) is 35.5 Å². The maximum atomic E-state index is 7.15. The van der Waals surface area contributed by atoms with Gasteiger partial charge in [0.1, 0.15) is 19.5 Å². The molecule has 4 fully saturated rings. The third-order valence-corrected chi connectivity index (χ3v) is 17.8. The molecule has 6 aliphatic rings. The van der Waals surface area contributed by atoms with Crippen molar-refractivity contribution in [3.8, 4) is 0 Å². The number of fused-ring (bicyclic) bond motifs is 12. The number of allylic oxidation sites excluding steroid dienone is 4. The van der Waals surface area contributed by atoms with Gasteiger partial charge in [0, 0.05) is 0 Å². The Kier molecular flexibility index (Phi) is 5.10. The number of rotatable bonds is 0. The average molecular weight is 666 g/mol. The Balaban J connectivity index is 1.47. The number of halogens is 12. The van der Waals surface area contributed by atoms with Crippen LogP contribution in [0.15, 0.2) is 20.1 Å². The summed E-state index contributed by atoms with van der Waals surface area (Å²) in [6, 6.07) is 0. The minimum absolute atomic E-state index is 0.0578. The van der Waals surface area contributed by atoms with Crippen molar-refractivity contribution in [2.45, 2.75) is 47.4 Å². The standard InChI is InChI=1S/C19H12Cl12/c20-10-11(21)15(25)7-3-5-4(1-6(7)14(10,24)18(15,28)29)2-8-9(5)17(27)13(23)12(22)16(8,26)19(17,30)31/h4-9H,1-3H2/t4-,5+,6+,7+,8+,9-,14-,15+,16-,17-/m0/s1. The SMILES string of the molecule is ClC1=C(Cl)[C@@]2(Cl)[C@@H]3C[C@@H]4C[C@@H]5[C@@H](C[C@H]4[C@@H]3[C@@]1(Cl)C2(Cl)Cl)[C@@]1(Cl)C(Cl)=C(Cl)[C@]5(Cl)C1(Cl)Cl. The predicted octanol–water partition coefficient (Wildman–Crippen LogP) is 9.57. The molecule has 0 N–H and O–H groups in total. The molecule has 0 aliphatic heterocycles. The van der Waals surface area contributed by atoms with Crippen LogP contribution < -0.4 is 0 Å². The maximum absolute atomic E-state index is 7.15. The second-order valence-electron chi connectivity index (χ2n) is 9.73. The van der Waals surface area contributed by atoms with Gasteiger partial charge in [0.25, 0.3) is 0 Å². The lowest BCUT2D eigenvalue weighted by atomic mass is 9.62. The summed E-state index contributed by atoms with van der Waals surface area (Å²) >= 11 is 81.9. The minimum atomic E-state index is -1.56. The molecule has 4 bridgehead atoms. The van der Waals surface area contributed by atoms with Crippen LogP contribution in [0.4, 0.5) is 0 Å². The van der Waals surface area contributed by atoms with Crippen LogP contribution in [0.5, 0.6) is 0 Å². The molecule has 31 heavy (non-hydrogen) atoms. The molecule has 172 valence electrons. The smallest absolute Gasteiger partial charge is 0.109 e. The minimum Gasteiger partial charge on any atom is -0.109 e. The lowest BCUT2D eigenvalue weighted by molar-refractivity contribution is 0.102. The van der Waals surface area contributed by atoms with E-state index in [1.54, 1.807) is 0 Å². The van der Waals surface area contributed by atoms with Gasteiger partial charge in [-0.1, -0.05) is 92.8 Å². The van der Waals surface area contributed by atoms with Crippen LogP contribution in [0.1, 0.15) is 19.3 Å². The Morgan fingerprint density at radius 1 is 0.484 bits per heavy atom. The summed E-state index contributed by atoms with van der Waals surface area (Å²) in [4.78, 5) is -5.15. The Bertz CT molecular complexity index is 982. The first-order valence-electron chi connectivity index (χ1n) is 9.71. The molecule has 0 nitrogen and oxygen atoms in total. The summed E-state index contributed by atoms with van der Waals surface area (Å²) in [5.74, 6) is -0.486. The summed E-state index contributed by atoms with van der Waals surface area (Å²) in [5.41, 5.74) is 0. The van der Waals surface area contributed by atoms with Crippen molar-refractivity contribution in [3.63, 3.8) is 0 Å². The van der Waals surface area contributed by atoms with Crippen LogP contribution in [0.25, 0.3) is 0 Å². The molecule has 0 unspecified atom stereocenters. The number of hydrogen-bond acceptors (Lipinski definition) is 0. The molecular weight excluding hydrogens is 654 g/mol. The van der Waals surface area contributed by atoms with Crippen molar-refractivity contribution >= 4 is 139 Å². The third kappa shape index (κ3) is 2.09.